The average Bonchev–Trinajstić information content (AvgIpc) is 2.39. The molecule has 10 heavy (non-hydrogen) atoms. The highest BCUT2D eigenvalue weighted by Gasteiger charge is 2.29. The minimum atomic E-state index is -0.762. The average molecular weight is 161 g/mol. The smallest absolute Gasteiger partial charge is 0.208 e. The third-order valence-electron chi connectivity index (χ3n) is 1.32. The molecule has 0 spiro atoms. The fraction of sp³-hybridized carbons (Fsp3) is 0.429. The van der Waals surface area contributed by atoms with Crippen molar-refractivity contribution in [2.75, 3.05) is 13.2 Å². The van der Waals surface area contributed by atoms with Crippen molar-refractivity contribution in [2.45, 2.75) is 5.79 Å². The molecule has 0 aromatic heterocycles. The standard InChI is InChI=1S/C7H9ClO2/c1-2-7(3-4-8)9-5-6-10-7/h2-4H,1,5-6H2. The van der Waals surface area contributed by atoms with Crippen molar-refractivity contribution in [1.82, 2.24) is 0 Å². The van der Waals surface area contributed by atoms with Gasteiger partial charge in [0.15, 0.2) is 0 Å². The highest BCUT2D eigenvalue weighted by Crippen LogP contribution is 2.21. The summed E-state index contributed by atoms with van der Waals surface area (Å²) in [5.41, 5.74) is 1.37. The van der Waals surface area contributed by atoms with Crippen molar-refractivity contribution in [3.8, 4) is 0 Å². The molecule has 0 bridgehead atoms. The van der Waals surface area contributed by atoms with Gasteiger partial charge in [-0.2, -0.15) is 0 Å². The van der Waals surface area contributed by atoms with Gasteiger partial charge in [0.05, 0.1) is 13.2 Å². The first kappa shape index (κ1) is 7.79. The molecule has 0 aliphatic carbocycles. The summed E-state index contributed by atoms with van der Waals surface area (Å²) in [5.74, 6) is -0.762. The third kappa shape index (κ3) is 1.40. The Bertz CT molecular complexity index is 148. The van der Waals surface area contributed by atoms with Crippen LogP contribution in [0.25, 0.3) is 0 Å². The van der Waals surface area contributed by atoms with Crippen LogP contribution in [-0.2, 0) is 9.47 Å². The first-order valence-corrected chi connectivity index (χ1v) is 3.46. The van der Waals surface area contributed by atoms with Gasteiger partial charge in [0, 0.05) is 5.54 Å². The zero-order valence-electron chi connectivity index (χ0n) is 5.55. The predicted octanol–water partition coefficient (Wildman–Crippen LogP) is 1.67. The van der Waals surface area contributed by atoms with Crippen molar-refractivity contribution in [3.05, 3.63) is 24.3 Å². The number of hydrogen-bond acceptors (Lipinski definition) is 2. The zero-order valence-corrected chi connectivity index (χ0v) is 6.30. The Morgan fingerprint density at radius 3 is 2.40 bits per heavy atom. The van der Waals surface area contributed by atoms with Crippen LogP contribution in [0.4, 0.5) is 0 Å². The fourth-order valence-electron chi connectivity index (χ4n) is 0.814. The van der Waals surface area contributed by atoms with E-state index in [2.05, 4.69) is 6.58 Å². The molecule has 0 aromatic rings. The number of hydrogen-bond donors (Lipinski definition) is 0. The first-order chi connectivity index (χ1) is 4.83. The second kappa shape index (κ2) is 3.19. The summed E-state index contributed by atoms with van der Waals surface area (Å²) in [6, 6.07) is 0. The highest BCUT2D eigenvalue weighted by molar-refractivity contribution is 6.25. The van der Waals surface area contributed by atoms with E-state index in [1.807, 2.05) is 0 Å². The fourth-order valence-corrected chi connectivity index (χ4v) is 0.990. The van der Waals surface area contributed by atoms with Crippen molar-refractivity contribution < 1.29 is 9.47 Å². The minimum Gasteiger partial charge on any atom is -0.341 e. The van der Waals surface area contributed by atoms with Gasteiger partial charge in [-0.05, 0) is 12.2 Å². The normalized spacial score (nSPS) is 23.7. The molecule has 56 valence electrons. The van der Waals surface area contributed by atoms with Crippen molar-refractivity contribution in [2.24, 2.45) is 0 Å². The summed E-state index contributed by atoms with van der Waals surface area (Å²) >= 11 is 5.36. The predicted molar refractivity (Wildman–Crippen MR) is 39.8 cm³/mol. The first-order valence-electron chi connectivity index (χ1n) is 3.02. The van der Waals surface area contributed by atoms with E-state index >= 15 is 0 Å². The van der Waals surface area contributed by atoms with E-state index in [9.17, 15) is 0 Å². The van der Waals surface area contributed by atoms with Gasteiger partial charge in [-0.1, -0.05) is 18.2 Å². The molecular weight excluding hydrogens is 152 g/mol. The molecule has 1 aliphatic heterocycles. The quantitative estimate of drug-likeness (QED) is 0.573. The van der Waals surface area contributed by atoms with E-state index in [0.29, 0.717) is 13.2 Å². The van der Waals surface area contributed by atoms with Crippen molar-refractivity contribution in [1.29, 1.82) is 0 Å². The van der Waals surface area contributed by atoms with Crippen LogP contribution < -0.4 is 0 Å². The molecule has 0 unspecified atom stereocenters. The molecule has 1 saturated heterocycles. The SMILES string of the molecule is C=CC1(C=CCl)OCCO1. The maximum atomic E-state index is 5.36. The topological polar surface area (TPSA) is 18.5 Å². The van der Waals surface area contributed by atoms with Gasteiger partial charge in [0.1, 0.15) is 0 Å². The van der Waals surface area contributed by atoms with E-state index < -0.39 is 5.79 Å². The molecule has 0 saturated carbocycles. The maximum absolute atomic E-state index is 5.36. The van der Waals surface area contributed by atoms with Gasteiger partial charge in [0.25, 0.3) is 0 Å². The van der Waals surface area contributed by atoms with E-state index in [0.717, 1.165) is 0 Å². The molecule has 0 aromatic carbocycles. The van der Waals surface area contributed by atoms with Crippen molar-refractivity contribution >= 4 is 11.6 Å². The molecule has 0 amide bonds. The van der Waals surface area contributed by atoms with Crippen LogP contribution >= 0.6 is 11.6 Å². The van der Waals surface area contributed by atoms with Gasteiger partial charge in [-0.25, -0.2) is 0 Å². The molecule has 1 rings (SSSR count). The summed E-state index contributed by atoms with van der Waals surface area (Å²) in [4.78, 5) is 0. The molecule has 3 heteroatoms. The van der Waals surface area contributed by atoms with Crippen LogP contribution in [-0.4, -0.2) is 19.0 Å². The number of rotatable bonds is 2. The van der Waals surface area contributed by atoms with Gasteiger partial charge in [-0.3, -0.25) is 0 Å². The Morgan fingerprint density at radius 1 is 1.40 bits per heavy atom. The molecule has 0 N–H and O–H groups in total. The third-order valence-corrected chi connectivity index (χ3v) is 1.44. The lowest BCUT2D eigenvalue weighted by Gasteiger charge is -2.17. The molecule has 1 fully saturated rings. The summed E-state index contributed by atoms with van der Waals surface area (Å²) in [7, 11) is 0. The molecule has 0 atom stereocenters. The van der Waals surface area contributed by atoms with E-state index in [-0.39, 0.29) is 0 Å². The number of halogens is 1. The summed E-state index contributed by atoms with van der Waals surface area (Å²) in [6.07, 6.45) is 3.20. The summed E-state index contributed by atoms with van der Waals surface area (Å²) in [5, 5.41) is 0. The van der Waals surface area contributed by atoms with Gasteiger partial charge in [0.2, 0.25) is 5.79 Å². The van der Waals surface area contributed by atoms with Gasteiger partial charge < -0.3 is 9.47 Å². The molecule has 2 nitrogen and oxygen atoms in total. The number of ether oxygens (including phenoxy) is 2. The second-order valence-electron chi connectivity index (χ2n) is 1.92. The lowest BCUT2D eigenvalue weighted by Crippen LogP contribution is -2.23. The maximum Gasteiger partial charge on any atom is 0.208 e. The Kier molecular flexibility index (Phi) is 2.49. The molecule has 0 radical (unpaired) electrons. The molecule has 1 heterocycles. The Hall–Kier alpha value is -0.310. The van der Waals surface area contributed by atoms with Crippen LogP contribution in [0.2, 0.25) is 0 Å². The van der Waals surface area contributed by atoms with Gasteiger partial charge in [-0.15, -0.1) is 0 Å². The van der Waals surface area contributed by atoms with Crippen LogP contribution in [0.3, 0.4) is 0 Å². The Morgan fingerprint density at radius 2 is 2.00 bits per heavy atom. The van der Waals surface area contributed by atoms with Crippen LogP contribution in [0.5, 0.6) is 0 Å². The minimum absolute atomic E-state index is 0.591. The zero-order chi connectivity index (χ0) is 7.45. The molecular formula is C7H9ClO2. The van der Waals surface area contributed by atoms with E-state index in [1.54, 1.807) is 12.2 Å². The van der Waals surface area contributed by atoms with E-state index in [1.165, 1.54) is 5.54 Å². The lowest BCUT2D eigenvalue weighted by molar-refractivity contribution is -0.0738. The second-order valence-corrected chi connectivity index (χ2v) is 2.17. The van der Waals surface area contributed by atoms with Crippen LogP contribution in [0.1, 0.15) is 0 Å². The summed E-state index contributed by atoms with van der Waals surface area (Å²) in [6.45, 7) is 4.75. The monoisotopic (exact) mass is 160 g/mol. The van der Waals surface area contributed by atoms with Gasteiger partial charge >= 0.3 is 0 Å². The Labute approximate surface area is 65.1 Å². The lowest BCUT2D eigenvalue weighted by atomic mass is 10.3. The summed E-state index contributed by atoms with van der Waals surface area (Å²) < 4.78 is 10.4. The van der Waals surface area contributed by atoms with Crippen LogP contribution in [0.15, 0.2) is 24.3 Å². The Balaban J connectivity index is 2.66. The molecule has 1 aliphatic rings. The van der Waals surface area contributed by atoms with E-state index in [4.69, 9.17) is 21.1 Å². The van der Waals surface area contributed by atoms with Crippen molar-refractivity contribution in [3.63, 3.8) is 0 Å². The van der Waals surface area contributed by atoms with Crippen LogP contribution in [0, 0.1) is 0 Å². The highest BCUT2D eigenvalue weighted by atomic mass is 35.5. The largest absolute Gasteiger partial charge is 0.341 e.